The van der Waals surface area contributed by atoms with Gasteiger partial charge in [0.2, 0.25) is 0 Å². The summed E-state index contributed by atoms with van der Waals surface area (Å²) in [5, 5.41) is 0. The van der Waals surface area contributed by atoms with Crippen LogP contribution in [0.5, 0.6) is 0 Å². The molecule has 1 heterocycles. The topological polar surface area (TPSA) is 34.9 Å². The molecular weight excluding hydrogens is 396 g/mol. The molecule has 3 nitrogen and oxygen atoms in total. The number of rotatable bonds is 3. The van der Waals surface area contributed by atoms with Crippen LogP contribution in [0.1, 0.15) is 16.2 Å². The standard InChI is InChI=1S/C16H12Br2N2O/c1-20-14-5-3-2-4-13(14)19-16(20)9-15(21)10-6-11(17)8-12(18)7-10/h2-8H,9H2,1H3. The van der Waals surface area contributed by atoms with Gasteiger partial charge in [0.25, 0.3) is 0 Å². The van der Waals surface area contributed by atoms with E-state index in [0.717, 1.165) is 25.8 Å². The largest absolute Gasteiger partial charge is 0.331 e. The molecule has 0 saturated carbocycles. The van der Waals surface area contributed by atoms with Gasteiger partial charge in [0.1, 0.15) is 5.82 Å². The number of ketones is 1. The minimum atomic E-state index is 0.0513. The number of hydrogen-bond donors (Lipinski definition) is 0. The maximum atomic E-state index is 12.5. The molecule has 106 valence electrons. The zero-order chi connectivity index (χ0) is 15.0. The summed E-state index contributed by atoms with van der Waals surface area (Å²) in [7, 11) is 1.94. The number of hydrogen-bond acceptors (Lipinski definition) is 2. The van der Waals surface area contributed by atoms with Crippen LogP contribution in [0.15, 0.2) is 51.4 Å². The van der Waals surface area contributed by atoms with Gasteiger partial charge in [0, 0.05) is 21.6 Å². The number of Topliss-reactive ketones (excluding diaryl/α,β-unsaturated/α-hetero) is 1. The molecule has 0 spiro atoms. The van der Waals surface area contributed by atoms with E-state index in [-0.39, 0.29) is 12.2 Å². The summed E-state index contributed by atoms with van der Waals surface area (Å²) < 4.78 is 3.73. The third-order valence-electron chi connectivity index (χ3n) is 3.38. The van der Waals surface area contributed by atoms with Crippen molar-refractivity contribution in [1.82, 2.24) is 9.55 Å². The Morgan fingerprint density at radius 2 is 1.81 bits per heavy atom. The Bertz CT molecular complexity index is 819. The van der Waals surface area contributed by atoms with Crippen LogP contribution in [-0.2, 0) is 13.5 Å². The van der Waals surface area contributed by atoms with E-state index in [1.54, 1.807) is 0 Å². The van der Waals surface area contributed by atoms with E-state index in [2.05, 4.69) is 36.8 Å². The smallest absolute Gasteiger partial charge is 0.170 e. The summed E-state index contributed by atoms with van der Waals surface area (Å²) >= 11 is 6.81. The molecule has 0 saturated heterocycles. The maximum Gasteiger partial charge on any atom is 0.170 e. The first-order valence-corrected chi connectivity index (χ1v) is 8.03. The summed E-state index contributed by atoms with van der Waals surface area (Å²) in [6.07, 6.45) is 0.286. The highest BCUT2D eigenvalue weighted by atomic mass is 79.9. The predicted molar refractivity (Wildman–Crippen MR) is 90.6 cm³/mol. The first-order chi connectivity index (χ1) is 10.0. The number of para-hydroxylation sites is 2. The molecule has 0 fully saturated rings. The highest BCUT2D eigenvalue weighted by molar-refractivity contribution is 9.11. The fourth-order valence-electron chi connectivity index (χ4n) is 2.31. The normalized spacial score (nSPS) is 11.0. The summed E-state index contributed by atoms with van der Waals surface area (Å²) in [6, 6.07) is 13.5. The number of aromatic nitrogens is 2. The molecule has 0 radical (unpaired) electrons. The summed E-state index contributed by atoms with van der Waals surface area (Å²) in [5.74, 6) is 0.827. The van der Waals surface area contributed by atoms with E-state index in [0.29, 0.717) is 5.56 Å². The van der Waals surface area contributed by atoms with Crippen LogP contribution in [-0.4, -0.2) is 15.3 Å². The molecule has 0 aliphatic rings. The van der Waals surface area contributed by atoms with Crippen molar-refractivity contribution in [3.8, 4) is 0 Å². The van der Waals surface area contributed by atoms with E-state index in [1.807, 2.05) is 54.1 Å². The number of fused-ring (bicyclic) bond motifs is 1. The van der Waals surface area contributed by atoms with Crippen molar-refractivity contribution in [1.29, 1.82) is 0 Å². The molecule has 3 aromatic rings. The van der Waals surface area contributed by atoms with Crippen LogP contribution in [0.3, 0.4) is 0 Å². The van der Waals surface area contributed by atoms with E-state index >= 15 is 0 Å². The number of benzene rings is 2. The lowest BCUT2D eigenvalue weighted by molar-refractivity contribution is 0.0990. The summed E-state index contributed by atoms with van der Waals surface area (Å²) in [6.45, 7) is 0. The Hall–Kier alpha value is -1.46. The fraction of sp³-hybridized carbons (Fsp3) is 0.125. The van der Waals surface area contributed by atoms with Crippen molar-refractivity contribution in [2.45, 2.75) is 6.42 Å². The molecule has 3 rings (SSSR count). The van der Waals surface area contributed by atoms with Gasteiger partial charge in [-0.15, -0.1) is 0 Å². The number of carbonyl (C=O) groups excluding carboxylic acids is 1. The van der Waals surface area contributed by atoms with Crippen molar-refractivity contribution in [3.05, 3.63) is 62.8 Å². The van der Waals surface area contributed by atoms with Gasteiger partial charge in [0.15, 0.2) is 5.78 Å². The van der Waals surface area contributed by atoms with E-state index in [4.69, 9.17) is 0 Å². The number of imidazole rings is 1. The second kappa shape index (κ2) is 5.73. The van der Waals surface area contributed by atoms with Crippen LogP contribution < -0.4 is 0 Å². The molecule has 0 aliphatic carbocycles. The van der Waals surface area contributed by atoms with Crippen LogP contribution in [0, 0.1) is 0 Å². The van der Waals surface area contributed by atoms with Crippen molar-refractivity contribution >= 4 is 48.7 Å². The zero-order valence-corrected chi connectivity index (χ0v) is 14.5. The van der Waals surface area contributed by atoms with Gasteiger partial charge in [-0.1, -0.05) is 44.0 Å². The van der Waals surface area contributed by atoms with E-state index in [9.17, 15) is 4.79 Å². The Kier molecular flexibility index (Phi) is 3.95. The predicted octanol–water partition coefficient (Wildman–Crippen LogP) is 4.52. The first-order valence-electron chi connectivity index (χ1n) is 6.44. The Morgan fingerprint density at radius 3 is 2.48 bits per heavy atom. The minimum Gasteiger partial charge on any atom is -0.331 e. The number of carbonyl (C=O) groups is 1. The Labute approximate surface area is 139 Å². The van der Waals surface area contributed by atoms with E-state index < -0.39 is 0 Å². The second-order valence-corrected chi connectivity index (χ2v) is 6.67. The quantitative estimate of drug-likeness (QED) is 0.598. The van der Waals surface area contributed by atoms with Crippen molar-refractivity contribution in [2.75, 3.05) is 0 Å². The van der Waals surface area contributed by atoms with Crippen LogP contribution in [0.25, 0.3) is 11.0 Å². The average Bonchev–Trinajstić information content (AvgIpc) is 2.75. The number of nitrogens with zero attached hydrogens (tertiary/aromatic N) is 2. The number of halogens is 2. The third kappa shape index (κ3) is 2.94. The second-order valence-electron chi connectivity index (χ2n) is 4.83. The molecule has 0 amide bonds. The molecule has 0 bridgehead atoms. The van der Waals surface area contributed by atoms with Gasteiger partial charge in [-0.2, -0.15) is 0 Å². The molecule has 0 atom stereocenters. The average molecular weight is 408 g/mol. The molecule has 0 N–H and O–H groups in total. The minimum absolute atomic E-state index is 0.0513. The Morgan fingerprint density at radius 1 is 1.14 bits per heavy atom. The summed E-state index contributed by atoms with van der Waals surface area (Å²) in [4.78, 5) is 17.0. The van der Waals surface area contributed by atoms with E-state index in [1.165, 1.54) is 0 Å². The lowest BCUT2D eigenvalue weighted by atomic mass is 10.1. The van der Waals surface area contributed by atoms with Gasteiger partial charge in [0.05, 0.1) is 17.5 Å². The van der Waals surface area contributed by atoms with Crippen molar-refractivity contribution < 1.29 is 4.79 Å². The maximum absolute atomic E-state index is 12.5. The number of aryl methyl sites for hydroxylation is 1. The molecule has 2 aromatic carbocycles. The van der Waals surface area contributed by atoms with Gasteiger partial charge in [-0.3, -0.25) is 4.79 Å². The molecule has 0 aliphatic heterocycles. The van der Waals surface area contributed by atoms with Crippen molar-refractivity contribution in [3.63, 3.8) is 0 Å². The van der Waals surface area contributed by atoms with Gasteiger partial charge < -0.3 is 4.57 Å². The lowest BCUT2D eigenvalue weighted by Crippen LogP contribution is -2.08. The highest BCUT2D eigenvalue weighted by Crippen LogP contribution is 2.22. The van der Waals surface area contributed by atoms with Crippen LogP contribution >= 0.6 is 31.9 Å². The van der Waals surface area contributed by atoms with Gasteiger partial charge >= 0.3 is 0 Å². The molecule has 21 heavy (non-hydrogen) atoms. The third-order valence-corrected chi connectivity index (χ3v) is 4.30. The highest BCUT2D eigenvalue weighted by Gasteiger charge is 2.14. The van der Waals surface area contributed by atoms with Crippen molar-refractivity contribution in [2.24, 2.45) is 7.05 Å². The van der Waals surface area contributed by atoms with Crippen LogP contribution in [0.2, 0.25) is 0 Å². The first kappa shape index (κ1) is 14.5. The molecule has 0 unspecified atom stereocenters. The molecular formula is C16H12Br2N2O. The fourth-order valence-corrected chi connectivity index (χ4v) is 3.61. The van der Waals surface area contributed by atoms with Crippen LogP contribution in [0.4, 0.5) is 0 Å². The van der Waals surface area contributed by atoms with Gasteiger partial charge in [-0.25, -0.2) is 4.98 Å². The zero-order valence-electron chi connectivity index (χ0n) is 11.3. The van der Waals surface area contributed by atoms with Gasteiger partial charge in [-0.05, 0) is 30.3 Å². The summed E-state index contributed by atoms with van der Waals surface area (Å²) in [5.41, 5.74) is 2.62. The Balaban J connectivity index is 1.94. The monoisotopic (exact) mass is 406 g/mol. The lowest BCUT2D eigenvalue weighted by Gasteiger charge is -2.04. The molecule has 1 aromatic heterocycles. The SMILES string of the molecule is Cn1c(CC(=O)c2cc(Br)cc(Br)c2)nc2ccccc21. The molecule has 5 heteroatoms.